The van der Waals surface area contributed by atoms with Crippen LogP contribution in [0, 0.1) is 0 Å². The SMILES string of the molecule is CC(=NN1CCN(c2ccc(Cl)cc2)CC1)c1ccccc1. The Morgan fingerprint density at radius 2 is 1.55 bits per heavy atom. The smallest absolute Gasteiger partial charge is 0.0646 e. The van der Waals surface area contributed by atoms with E-state index in [0.717, 1.165) is 36.9 Å². The summed E-state index contributed by atoms with van der Waals surface area (Å²) in [7, 11) is 0. The van der Waals surface area contributed by atoms with Gasteiger partial charge in [0.25, 0.3) is 0 Å². The highest BCUT2D eigenvalue weighted by molar-refractivity contribution is 6.30. The molecule has 0 N–H and O–H groups in total. The highest BCUT2D eigenvalue weighted by atomic mass is 35.5. The number of hydrogen-bond acceptors (Lipinski definition) is 3. The van der Waals surface area contributed by atoms with Gasteiger partial charge in [0.15, 0.2) is 0 Å². The maximum absolute atomic E-state index is 5.94. The molecule has 1 aliphatic heterocycles. The molecule has 2 aromatic carbocycles. The van der Waals surface area contributed by atoms with Gasteiger partial charge in [-0.15, -0.1) is 0 Å². The molecule has 0 radical (unpaired) electrons. The van der Waals surface area contributed by atoms with Crippen LogP contribution in [0.5, 0.6) is 0 Å². The zero-order valence-electron chi connectivity index (χ0n) is 12.7. The number of hydrogen-bond donors (Lipinski definition) is 0. The first-order valence-corrected chi connectivity index (χ1v) is 7.96. The van der Waals surface area contributed by atoms with E-state index in [1.807, 2.05) is 30.3 Å². The Morgan fingerprint density at radius 1 is 0.909 bits per heavy atom. The van der Waals surface area contributed by atoms with Crippen molar-refractivity contribution in [3.05, 3.63) is 65.2 Å². The predicted molar refractivity (Wildman–Crippen MR) is 93.9 cm³/mol. The fraction of sp³-hybridized carbons (Fsp3) is 0.278. The van der Waals surface area contributed by atoms with E-state index in [1.54, 1.807) is 0 Å². The Morgan fingerprint density at radius 3 is 2.18 bits per heavy atom. The zero-order chi connectivity index (χ0) is 15.4. The number of halogens is 1. The molecule has 0 spiro atoms. The lowest BCUT2D eigenvalue weighted by Gasteiger charge is -2.35. The Labute approximate surface area is 136 Å². The van der Waals surface area contributed by atoms with Crippen LogP contribution >= 0.6 is 11.6 Å². The Bertz CT molecular complexity index is 629. The van der Waals surface area contributed by atoms with Crippen molar-refractivity contribution in [3.63, 3.8) is 0 Å². The number of hydrazone groups is 1. The van der Waals surface area contributed by atoms with Crippen molar-refractivity contribution in [1.29, 1.82) is 0 Å². The normalized spacial score (nSPS) is 16.0. The summed E-state index contributed by atoms with van der Waals surface area (Å²) < 4.78 is 0. The third kappa shape index (κ3) is 3.60. The molecule has 0 aliphatic carbocycles. The minimum absolute atomic E-state index is 0.783. The van der Waals surface area contributed by atoms with Gasteiger partial charge in [0.2, 0.25) is 0 Å². The lowest BCUT2D eigenvalue weighted by molar-refractivity contribution is 0.270. The summed E-state index contributed by atoms with van der Waals surface area (Å²) in [4.78, 5) is 2.38. The molecular formula is C18H20ClN3. The van der Waals surface area contributed by atoms with Crippen LogP contribution in [0.4, 0.5) is 5.69 Å². The molecule has 1 saturated heterocycles. The fourth-order valence-electron chi connectivity index (χ4n) is 2.66. The van der Waals surface area contributed by atoms with Gasteiger partial charge in [0.05, 0.1) is 18.8 Å². The molecular weight excluding hydrogens is 294 g/mol. The minimum atomic E-state index is 0.783. The van der Waals surface area contributed by atoms with Crippen LogP contribution in [-0.4, -0.2) is 36.9 Å². The second-order valence-electron chi connectivity index (χ2n) is 5.47. The monoisotopic (exact) mass is 313 g/mol. The van der Waals surface area contributed by atoms with Crippen LogP contribution in [0.3, 0.4) is 0 Å². The molecule has 1 aliphatic rings. The number of anilines is 1. The molecule has 4 heteroatoms. The number of benzene rings is 2. The molecule has 3 nitrogen and oxygen atoms in total. The number of rotatable bonds is 3. The summed E-state index contributed by atoms with van der Waals surface area (Å²) in [6.07, 6.45) is 0. The van der Waals surface area contributed by atoms with Crippen LogP contribution in [0.2, 0.25) is 5.02 Å². The Hall–Kier alpha value is -2.00. The Balaban J connectivity index is 1.61. The zero-order valence-corrected chi connectivity index (χ0v) is 13.5. The molecule has 0 saturated carbocycles. The van der Waals surface area contributed by atoms with E-state index in [1.165, 1.54) is 11.3 Å². The van der Waals surface area contributed by atoms with Crippen molar-refractivity contribution in [1.82, 2.24) is 5.01 Å². The van der Waals surface area contributed by atoms with Crippen molar-refractivity contribution in [2.24, 2.45) is 5.10 Å². The van der Waals surface area contributed by atoms with Gasteiger partial charge in [-0.25, -0.2) is 0 Å². The third-order valence-corrected chi connectivity index (χ3v) is 4.18. The van der Waals surface area contributed by atoms with Gasteiger partial charge in [-0.05, 0) is 36.8 Å². The van der Waals surface area contributed by atoms with E-state index in [4.69, 9.17) is 16.7 Å². The largest absolute Gasteiger partial charge is 0.368 e. The quantitative estimate of drug-likeness (QED) is 0.801. The number of nitrogens with zero attached hydrogens (tertiary/aromatic N) is 3. The van der Waals surface area contributed by atoms with E-state index in [9.17, 15) is 0 Å². The van der Waals surface area contributed by atoms with Gasteiger partial charge in [-0.2, -0.15) is 5.10 Å². The molecule has 1 fully saturated rings. The van der Waals surface area contributed by atoms with Crippen molar-refractivity contribution >= 4 is 23.0 Å². The number of piperazine rings is 1. The summed E-state index contributed by atoms with van der Waals surface area (Å²) in [6.45, 7) is 5.90. The second-order valence-corrected chi connectivity index (χ2v) is 5.90. The highest BCUT2D eigenvalue weighted by Gasteiger charge is 2.16. The molecule has 3 rings (SSSR count). The minimum Gasteiger partial charge on any atom is -0.368 e. The lowest BCUT2D eigenvalue weighted by Crippen LogP contribution is -2.44. The van der Waals surface area contributed by atoms with Crippen LogP contribution in [-0.2, 0) is 0 Å². The fourth-order valence-corrected chi connectivity index (χ4v) is 2.78. The third-order valence-electron chi connectivity index (χ3n) is 3.93. The molecule has 0 bridgehead atoms. The van der Waals surface area contributed by atoms with Crippen LogP contribution in [0.25, 0.3) is 0 Å². The molecule has 0 aromatic heterocycles. The van der Waals surface area contributed by atoms with Crippen molar-refractivity contribution in [2.75, 3.05) is 31.1 Å². The standard InChI is InChI=1S/C18H20ClN3/c1-15(16-5-3-2-4-6-16)20-22-13-11-21(12-14-22)18-9-7-17(19)8-10-18/h2-10H,11-14H2,1H3. The molecule has 1 heterocycles. The molecule has 2 aromatic rings. The maximum atomic E-state index is 5.94. The molecule has 22 heavy (non-hydrogen) atoms. The van der Waals surface area contributed by atoms with Crippen molar-refractivity contribution in [3.8, 4) is 0 Å². The van der Waals surface area contributed by atoms with Crippen molar-refractivity contribution < 1.29 is 0 Å². The van der Waals surface area contributed by atoms with Crippen LogP contribution < -0.4 is 4.90 Å². The van der Waals surface area contributed by atoms with Gasteiger partial charge in [0.1, 0.15) is 0 Å². The summed E-state index contributed by atoms with van der Waals surface area (Å²) in [5.41, 5.74) is 3.48. The summed E-state index contributed by atoms with van der Waals surface area (Å²) in [6, 6.07) is 18.4. The van der Waals surface area contributed by atoms with Crippen LogP contribution in [0.1, 0.15) is 12.5 Å². The van der Waals surface area contributed by atoms with E-state index in [0.29, 0.717) is 0 Å². The topological polar surface area (TPSA) is 18.8 Å². The van der Waals surface area contributed by atoms with Gasteiger partial charge in [-0.3, -0.25) is 5.01 Å². The van der Waals surface area contributed by atoms with Gasteiger partial charge in [0, 0.05) is 23.8 Å². The second kappa shape index (κ2) is 6.84. The van der Waals surface area contributed by atoms with E-state index in [2.05, 4.69) is 41.1 Å². The summed E-state index contributed by atoms with van der Waals surface area (Å²) >= 11 is 5.94. The predicted octanol–water partition coefficient (Wildman–Crippen LogP) is 3.89. The first-order chi connectivity index (χ1) is 10.7. The Kier molecular flexibility index (Phi) is 4.64. The average Bonchev–Trinajstić information content (AvgIpc) is 2.57. The van der Waals surface area contributed by atoms with Crippen molar-refractivity contribution in [2.45, 2.75) is 6.92 Å². The molecule has 114 valence electrons. The van der Waals surface area contributed by atoms with Gasteiger partial charge >= 0.3 is 0 Å². The van der Waals surface area contributed by atoms with E-state index < -0.39 is 0 Å². The molecule has 0 atom stereocenters. The maximum Gasteiger partial charge on any atom is 0.0646 e. The molecule has 0 amide bonds. The van der Waals surface area contributed by atoms with Gasteiger partial charge < -0.3 is 4.90 Å². The average molecular weight is 314 g/mol. The molecule has 0 unspecified atom stereocenters. The van der Waals surface area contributed by atoms with E-state index in [-0.39, 0.29) is 0 Å². The highest BCUT2D eigenvalue weighted by Crippen LogP contribution is 2.19. The lowest BCUT2D eigenvalue weighted by atomic mass is 10.1. The van der Waals surface area contributed by atoms with Crippen LogP contribution in [0.15, 0.2) is 59.7 Å². The first kappa shape index (κ1) is 14.9. The summed E-state index contributed by atoms with van der Waals surface area (Å²) in [5.74, 6) is 0. The first-order valence-electron chi connectivity index (χ1n) is 7.58. The van der Waals surface area contributed by atoms with Gasteiger partial charge in [-0.1, -0.05) is 41.9 Å². The summed E-state index contributed by atoms with van der Waals surface area (Å²) in [5, 5.41) is 7.69. The van der Waals surface area contributed by atoms with E-state index >= 15 is 0 Å².